The molecule has 1 aliphatic rings. The van der Waals surface area contributed by atoms with Crippen molar-refractivity contribution in [2.75, 3.05) is 30.3 Å². The molecule has 10 nitrogen and oxygen atoms in total. The molecule has 1 saturated heterocycles. The minimum Gasteiger partial charge on any atom is -0.475 e. The molecule has 0 spiro atoms. The molecule has 1 fully saturated rings. The van der Waals surface area contributed by atoms with E-state index in [1.165, 1.54) is 0 Å². The van der Waals surface area contributed by atoms with Crippen LogP contribution in [0.5, 0.6) is 0 Å². The first-order chi connectivity index (χ1) is 19.7. The number of aromatic nitrogens is 2. The van der Waals surface area contributed by atoms with Crippen LogP contribution >= 0.6 is 0 Å². The molecule has 0 unspecified atom stereocenters. The number of nitrogens with one attached hydrogen (secondary N) is 3. The summed E-state index contributed by atoms with van der Waals surface area (Å²) in [5.41, 5.74) is 2.87. The van der Waals surface area contributed by atoms with E-state index in [-0.39, 0.29) is 23.4 Å². The zero-order valence-electron chi connectivity index (χ0n) is 23.6. The number of likely N-dealkylation sites (tertiary alicyclic amines) is 1. The van der Waals surface area contributed by atoms with Crippen LogP contribution in [0.15, 0.2) is 67.0 Å². The van der Waals surface area contributed by atoms with E-state index in [2.05, 4.69) is 46.7 Å². The van der Waals surface area contributed by atoms with Crippen molar-refractivity contribution in [2.45, 2.75) is 45.8 Å². The lowest BCUT2D eigenvalue weighted by molar-refractivity contribution is -0.192. The number of carbonyl (C=O) groups is 3. The number of urea groups is 1. The number of rotatable bonds is 6. The number of hydrogen-bond acceptors (Lipinski definition) is 5. The van der Waals surface area contributed by atoms with Crippen molar-refractivity contribution in [3.8, 4) is 5.69 Å². The number of anilines is 2. The first-order valence-electron chi connectivity index (χ1n) is 13.3. The van der Waals surface area contributed by atoms with Gasteiger partial charge in [0.05, 0.1) is 23.8 Å². The first-order valence-corrected chi connectivity index (χ1v) is 13.3. The van der Waals surface area contributed by atoms with Crippen LogP contribution in [0.4, 0.5) is 29.3 Å². The lowest BCUT2D eigenvalue weighted by Crippen LogP contribution is -2.46. The Labute approximate surface area is 241 Å². The van der Waals surface area contributed by atoms with Gasteiger partial charge in [-0.15, -0.1) is 0 Å². The topological polar surface area (TPSA) is 129 Å². The smallest absolute Gasteiger partial charge is 0.475 e. The van der Waals surface area contributed by atoms with Crippen LogP contribution in [-0.2, 0) is 4.79 Å². The number of amides is 3. The molecule has 226 valence electrons. The van der Waals surface area contributed by atoms with Gasteiger partial charge in [-0.2, -0.15) is 18.3 Å². The van der Waals surface area contributed by atoms with E-state index in [4.69, 9.17) is 9.90 Å². The first kappa shape index (κ1) is 32.1. The molecular weight excluding hydrogens is 553 g/mol. The van der Waals surface area contributed by atoms with Gasteiger partial charge in [-0.1, -0.05) is 45.0 Å². The third kappa shape index (κ3) is 10.5. The molecule has 0 saturated carbocycles. The third-order valence-electron chi connectivity index (χ3n) is 6.11. The molecular formula is C29H35F3N6O4. The van der Waals surface area contributed by atoms with Crippen molar-refractivity contribution in [3.05, 3.63) is 72.6 Å². The molecule has 0 bridgehead atoms. The molecule has 4 N–H and O–H groups in total. The minimum atomic E-state index is -5.08. The number of hydrogen-bond donors (Lipinski definition) is 4. The van der Waals surface area contributed by atoms with Gasteiger partial charge in [0, 0.05) is 36.9 Å². The molecule has 1 aliphatic heterocycles. The number of aliphatic carboxylic acids is 1. The largest absolute Gasteiger partial charge is 0.490 e. The van der Waals surface area contributed by atoms with Gasteiger partial charge in [0.15, 0.2) is 0 Å². The van der Waals surface area contributed by atoms with Crippen LogP contribution in [0.2, 0.25) is 0 Å². The average Bonchev–Trinajstić information content (AvgIpc) is 3.38. The van der Waals surface area contributed by atoms with Crippen LogP contribution in [-0.4, -0.2) is 69.5 Å². The van der Waals surface area contributed by atoms with Crippen LogP contribution in [0.3, 0.4) is 0 Å². The van der Waals surface area contributed by atoms with Crippen molar-refractivity contribution in [2.24, 2.45) is 5.41 Å². The van der Waals surface area contributed by atoms with Crippen LogP contribution in [0.1, 0.15) is 44.0 Å². The van der Waals surface area contributed by atoms with E-state index in [9.17, 15) is 22.8 Å². The number of carboxylic acids is 1. The van der Waals surface area contributed by atoms with E-state index in [0.717, 1.165) is 38.2 Å². The summed E-state index contributed by atoms with van der Waals surface area (Å²) < 4.78 is 33.4. The predicted octanol–water partition coefficient (Wildman–Crippen LogP) is 5.39. The van der Waals surface area contributed by atoms with Crippen molar-refractivity contribution in [1.82, 2.24) is 20.0 Å². The molecule has 2 aromatic carbocycles. The Balaban J connectivity index is 0.000000616. The standard InChI is InChI=1S/C27H34N6O2.C2HF3O2/c1-27(2,3)19-32-14-12-22(13-15-32)29-25(34)20-8-7-11-24(16-20)33-18-23(17-28-33)31-26(35)30-21-9-5-4-6-10-21;3-2(4,5)1(6)7/h4-11,16-18,22H,12-15,19H2,1-3H3,(H,29,34)(H2,30,31,35);(H,6,7). The second-order valence-electron chi connectivity index (χ2n) is 11.1. The van der Waals surface area contributed by atoms with Crippen molar-refractivity contribution >= 4 is 29.3 Å². The van der Waals surface area contributed by atoms with Gasteiger partial charge in [-0.05, 0) is 48.6 Å². The summed E-state index contributed by atoms with van der Waals surface area (Å²) in [6.07, 6.45) is 0.122. The highest BCUT2D eigenvalue weighted by atomic mass is 19.4. The summed E-state index contributed by atoms with van der Waals surface area (Å²) in [4.78, 5) is 36.5. The summed E-state index contributed by atoms with van der Waals surface area (Å²) in [7, 11) is 0. The Bertz CT molecular complexity index is 1350. The monoisotopic (exact) mass is 588 g/mol. The van der Waals surface area contributed by atoms with E-state index >= 15 is 0 Å². The van der Waals surface area contributed by atoms with Crippen molar-refractivity contribution in [1.29, 1.82) is 0 Å². The summed E-state index contributed by atoms with van der Waals surface area (Å²) in [6, 6.07) is 16.4. The number of carboxylic acid groups (broad SMARTS) is 1. The normalized spacial score (nSPS) is 14.3. The van der Waals surface area contributed by atoms with E-state index in [0.29, 0.717) is 16.9 Å². The van der Waals surface area contributed by atoms with Crippen molar-refractivity contribution < 1.29 is 32.7 Å². The van der Waals surface area contributed by atoms with Gasteiger partial charge >= 0.3 is 18.2 Å². The summed E-state index contributed by atoms with van der Waals surface area (Å²) in [5, 5.41) is 20.2. The second kappa shape index (κ2) is 14.0. The fourth-order valence-electron chi connectivity index (χ4n) is 4.31. The van der Waals surface area contributed by atoms with E-state index in [1.807, 2.05) is 54.6 Å². The molecule has 2 heterocycles. The highest BCUT2D eigenvalue weighted by Gasteiger charge is 2.38. The highest BCUT2D eigenvalue weighted by molar-refractivity contribution is 5.99. The summed E-state index contributed by atoms with van der Waals surface area (Å²) in [5.74, 6) is -2.83. The Morgan fingerprint density at radius 3 is 2.17 bits per heavy atom. The maximum absolute atomic E-state index is 12.9. The molecule has 3 amide bonds. The van der Waals surface area contributed by atoms with E-state index in [1.54, 1.807) is 17.1 Å². The zero-order valence-corrected chi connectivity index (χ0v) is 23.6. The molecule has 0 aliphatic carbocycles. The third-order valence-corrected chi connectivity index (χ3v) is 6.11. The highest BCUT2D eigenvalue weighted by Crippen LogP contribution is 2.20. The number of carbonyl (C=O) groups excluding carboxylic acids is 2. The van der Waals surface area contributed by atoms with Gasteiger partial charge in [0.1, 0.15) is 0 Å². The number of benzene rings is 2. The Morgan fingerprint density at radius 2 is 1.57 bits per heavy atom. The average molecular weight is 589 g/mol. The van der Waals surface area contributed by atoms with Crippen LogP contribution in [0.25, 0.3) is 5.69 Å². The fraction of sp³-hybridized carbons (Fsp3) is 0.379. The number of halogens is 3. The fourth-order valence-corrected chi connectivity index (χ4v) is 4.31. The van der Waals surface area contributed by atoms with Gasteiger partial charge in [0.25, 0.3) is 5.91 Å². The SMILES string of the molecule is CC(C)(C)CN1CCC(NC(=O)c2cccc(-n3cc(NC(=O)Nc4ccccc4)cn3)c2)CC1.O=C(O)C(F)(F)F. The Kier molecular flexibility index (Phi) is 10.7. The maximum Gasteiger partial charge on any atom is 0.490 e. The Hall–Kier alpha value is -4.39. The Morgan fingerprint density at radius 1 is 0.952 bits per heavy atom. The molecule has 1 aromatic heterocycles. The predicted molar refractivity (Wildman–Crippen MR) is 153 cm³/mol. The van der Waals surface area contributed by atoms with Crippen LogP contribution in [0, 0.1) is 5.41 Å². The molecule has 42 heavy (non-hydrogen) atoms. The molecule has 0 radical (unpaired) electrons. The summed E-state index contributed by atoms with van der Waals surface area (Å²) >= 11 is 0. The number of piperidine rings is 1. The number of alkyl halides is 3. The summed E-state index contributed by atoms with van der Waals surface area (Å²) in [6.45, 7) is 9.85. The van der Waals surface area contributed by atoms with Gasteiger partial charge in [-0.25, -0.2) is 14.3 Å². The molecule has 4 rings (SSSR count). The lowest BCUT2D eigenvalue weighted by Gasteiger charge is -2.36. The number of para-hydroxylation sites is 1. The van der Waals surface area contributed by atoms with E-state index < -0.39 is 12.1 Å². The molecule has 3 aromatic rings. The van der Waals surface area contributed by atoms with Gasteiger partial charge < -0.3 is 26.0 Å². The zero-order chi connectivity index (χ0) is 30.9. The second-order valence-corrected chi connectivity index (χ2v) is 11.1. The quantitative estimate of drug-likeness (QED) is 0.306. The van der Waals surface area contributed by atoms with Crippen LogP contribution < -0.4 is 16.0 Å². The van der Waals surface area contributed by atoms with Gasteiger partial charge in [-0.3, -0.25) is 4.79 Å². The lowest BCUT2D eigenvalue weighted by atomic mass is 9.94. The number of nitrogens with zero attached hydrogens (tertiary/aromatic N) is 3. The van der Waals surface area contributed by atoms with Crippen molar-refractivity contribution in [3.63, 3.8) is 0 Å². The molecule has 13 heteroatoms. The maximum atomic E-state index is 12.9. The van der Waals surface area contributed by atoms with Gasteiger partial charge in [0.2, 0.25) is 0 Å². The molecule has 0 atom stereocenters. The minimum absolute atomic E-state index is 0.0751.